The highest BCUT2D eigenvalue weighted by Gasteiger charge is 2.45. The van der Waals surface area contributed by atoms with Crippen molar-refractivity contribution in [1.82, 2.24) is 4.90 Å². The number of ether oxygens (including phenoxy) is 1. The van der Waals surface area contributed by atoms with Crippen LogP contribution in [0, 0.1) is 5.92 Å². The molecule has 1 aromatic carbocycles. The maximum atomic E-state index is 12.0. The second-order valence-corrected chi connectivity index (χ2v) is 4.65. The van der Waals surface area contributed by atoms with Crippen LogP contribution >= 0.6 is 0 Å². The largest absolute Gasteiger partial charge is 0.469 e. The molecule has 1 amide bonds. The molecule has 1 fully saturated rings. The number of rotatable bonds is 3. The molecule has 0 bridgehead atoms. The number of aliphatic hydroxyl groups is 1. The van der Waals surface area contributed by atoms with E-state index in [9.17, 15) is 14.7 Å². The molecule has 0 aliphatic carbocycles. The topological polar surface area (TPSA) is 66.8 Å². The third-order valence-electron chi connectivity index (χ3n) is 3.56. The van der Waals surface area contributed by atoms with Crippen molar-refractivity contribution in [3.63, 3.8) is 0 Å². The van der Waals surface area contributed by atoms with Gasteiger partial charge in [-0.3, -0.25) is 9.59 Å². The number of carbonyl (C=O) groups is 2. The molecule has 19 heavy (non-hydrogen) atoms. The van der Waals surface area contributed by atoms with E-state index in [1.807, 2.05) is 37.3 Å². The molecule has 2 rings (SSSR count). The fourth-order valence-electron chi connectivity index (χ4n) is 2.36. The lowest BCUT2D eigenvalue weighted by Gasteiger charge is -2.24. The first-order chi connectivity index (χ1) is 9.06. The number of amides is 1. The van der Waals surface area contributed by atoms with Crippen LogP contribution in [0.5, 0.6) is 0 Å². The van der Waals surface area contributed by atoms with Crippen molar-refractivity contribution < 1.29 is 19.4 Å². The molecule has 3 atom stereocenters. The van der Waals surface area contributed by atoms with Gasteiger partial charge in [0.25, 0.3) is 5.91 Å². The van der Waals surface area contributed by atoms with Gasteiger partial charge < -0.3 is 14.7 Å². The van der Waals surface area contributed by atoms with E-state index < -0.39 is 23.9 Å². The Labute approximate surface area is 111 Å². The molecule has 1 saturated heterocycles. The molecule has 0 saturated carbocycles. The zero-order valence-corrected chi connectivity index (χ0v) is 10.9. The van der Waals surface area contributed by atoms with Crippen molar-refractivity contribution in [3.05, 3.63) is 35.9 Å². The van der Waals surface area contributed by atoms with Gasteiger partial charge in [0, 0.05) is 6.54 Å². The van der Waals surface area contributed by atoms with E-state index in [4.69, 9.17) is 0 Å². The average molecular weight is 263 g/mol. The van der Waals surface area contributed by atoms with Gasteiger partial charge in [-0.15, -0.1) is 0 Å². The molecule has 5 nitrogen and oxygen atoms in total. The number of methoxy groups -OCH3 is 1. The summed E-state index contributed by atoms with van der Waals surface area (Å²) in [7, 11) is 1.25. The maximum Gasteiger partial charge on any atom is 0.313 e. The average Bonchev–Trinajstić information content (AvgIpc) is 2.75. The first-order valence-corrected chi connectivity index (χ1v) is 6.17. The van der Waals surface area contributed by atoms with E-state index in [0.29, 0.717) is 0 Å². The van der Waals surface area contributed by atoms with E-state index in [1.165, 1.54) is 12.0 Å². The van der Waals surface area contributed by atoms with Gasteiger partial charge in [0.05, 0.1) is 13.2 Å². The lowest BCUT2D eigenvalue weighted by atomic mass is 10.1. The summed E-state index contributed by atoms with van der Waals surface area (Å²) in [6.45, 7) is 2.06. The summed E-state index contributed by atoms with van der Waals surface area (Å²) in [6, 6.07) is 9.32. The minimum atomic E-state index is -1.31. The van der Waals surface area contributed by atoms with Crippen LogP contribution in [0.4, 0.5) is 0 Å². The van der Waals surface area contributed by atoms with Gasteiger partial charge in [0.2, 0.25) is 0 Å². The van der Waals surface area contributed by atoms with Gasteiger partial charge in [0.15, 0.2) is 0 Å². The van der Waals surface area contributed by atoms with Crippen LogP contribution in [0.2, 0.25) is 0 Å². The smallest absolute Gasteiger partial charge is 0.313 e. The molecule has 1 aliphatic heterocycles. The zero-order valence-electron chi connectivity index (χ0n) is 10.9. The Morgan fingerprint density at radius 3 is 2.63 bits per heavy atom. The van der Waals surface area contributed by atoms with Crippen molar-refractivity contribution in [1.29, 1.82) is 0 Å². The SMILES string of the molecule is COC(=O)[C@@H]1CN([C@H](C)c2ccccc2)C(=O)C1O. The predicted molar refractivity (Wildman–Crippen MR) is 68.1 cm³/mol. The fraction of sp³-hybridized carbons (Fsp3) is 0.429. The van der Waals surface area contributed by atoms with Crippen molar-refractivity contribution in [3.8, 4) is 0 Å². The normalized spacial score (nSPS) is 24.4. The molecule has 1 N–H and O–H groups in total. The second kappa shape index (κ2) is 5.40. The number of esters is 1. The van der Waals surface area contributed by atoms with Gasteiger partial charge in [-0.1, -0.05) is 30.3 Å². The van der Waals surface area contributed by atoms with Crippen LogP contribution < -0.4 is 0 Å². The second-order valence-electron chi connectivity index (χ2n) is 4.65. The Morgan fingerprint density at radius 1 is 1.42 bits per heavy atom. The summed E-state index contributed by atoms with van der Waals surface area (Å²) in [6.07, 6.45) is -1.31. The van der Waals surface area contributed by atoms with E-state index >= 15 is 0 Å². The number of likely N-dealkylation sites (tertiary alicyclic amines) is 1. The number of hydrogen-bond acceptors (Lipinski definition) is 4. The summed E-state index contributed by atoms with van der Waals surface area (Å²) in [5.74, 6) is -1.78. The molecule has 0 aromatic heterocycles. The molecule has 1 aromatic rings. The third-order valence-corrected chi connectivity index (χ3v) is 3.56. The van der Waals surface area contributed by atoms with Gasteiger partial charge in [-0.25, -0.2) is 0 Å². The van der Waals surface area contributed by atoms with E-state index in [0.717, 1.165) is 5.56 Å². The van der Waals surface area contributed by atoms with Crippen LogP contribution in [0.3, 0.4) is 0 Å². The van der Waals surface area contributed by atoms with Gasteiger partial charge in [0.1, 0.15) is 12.0 Å². The van der Waals surface area contributed by atoms with Crippen molar-refractivity contribution >= 4 is 11.9 Å². The highest BCUT2D eigenvalue weighted by Crippen LogP contribution is 2.29. The van der Waals surface area contributed by atoms with Crippen LogP contribution in [-0.4, -0.2) is 41.6 Å². The molecule has 1 aliphatic rings. The lowest BCUT2D eigenvalue weighted by molar-refractivity contribution is -0.150. The molecule has 1 heterocycles. The van der Waals surface area contributed by atoms with E-state index in [-0.39, 0.29) is 12.6 Å². The van der Waals surface area contributed by atoms with Crippen molar-refractivity contribution in [2.75, 3.05) is 13.7 Å². The predicted octanol–water partition coefficient (Wildman–Crippen LogP) is 0.740. The first kappa shape index (κ1) is 13.5. The molecule has 1 unspecified atom stereocenters. The summed E-state index contributed by atoms with van der Waals surface area (Å²) in [5.41, 5.74) is 0.966. The minimum Gasteiger partial charge on any atom is -0.469 e. The highest BCUT2D eigenvalue weighted by atomic mass is 16.5. The maximum absolute atomic E-state index is 12.0. The van der Waals surface area contributed by atoms with E-state index in [1.54, 1.807) is 0 Å². The summed E-state index contributed by atoms with van der Waals surface area (Å²) >= 11 is 0. The molecule has 5 heteroatoms. The Hall–Kier alpha value is -1.88. The number of carbonyl (C=O) groups excluding carboxylic acids is 2. The Balaban J connectivity index is 2.18. The van der Waals surface area contributed by atoms with Crippen LogP contribution in [0.1, 0.15) is 18.5 Å². The van der Waals surface area contributed by atoms with Crippen LogP contribution in [-0.2, 0) is 14.3 Å². The van der Waals surface area contributed by atoms with Crippen LogP contribution in [0.15, 0.2) is 30.3 Å². The first-order valence-electron chi connectivity index (χ1n) is 6.17. The number of benzene rings is 1. The Kier molecular flexibility index (Phi) is 3.85. The van der Waals surface area contributed by atoms with Crippen molar-refractivity contribution in [2.45, 2.75) is 19.1 Å². The van der Waals surface area contributed by atoms with Crippen LogP contribution in [0.25, 0.3) is 0 Å². The molecule has 0 spiro atoms. The van der Waals surface area contributed by atoms with Gasteiger partial charge in [-0.05, 0) is 12.5 Å². The van der Waals surface area contributed by atoms with Gasteiger partial charge in [-0.2, -0.15) is 0 Å². The zero-order chi connectivity index (χ0) is 14.0. The standard InChI is InChI=1S/C14H17NO4/c1-9(10-6-4-3-5-7-10)15-8-11(14(18)19-2)12(16)13(15)17/h3-7,9,11-12,16H,8H2,1-2H3/t9-,11-,12?/m1/s1. The third kappa shape index (κ3) is 2.46. The van der Waals surface area contributed by atoms with E-state index in [2.05, 4.69) is 4.74 Å². The Morgan fingerprint density at radius 2 is 2.05 bits per heavy atom. The number of nitrogens with zero attached hydrogens (tertiary/aromatic N) is 1. The van der Waals surface area contributed by atoms with Gasteiger partial charge >= 0.3 is 5.97 Å². The molecular formula is C14H17NO4. The molecule has 102 valence electrons. The number of hydrogen-bond donors (Lipinski definition) is 1. The fourth-order valence-corrected chi connectivity index (χ4v) is 2.36. The summed E-state index contributed by atoms with van der Waals surface area (Å²) in [4.78, 5) is 25.0. The summed E-state index contributed by atoms with van der Waals surface area (Å²) < 4.78 is 4.61. The summed E-state index contributed by atoms with van der Waals surface area (Å²) in [5, 5.41) is 9.83. The lowest BCUT2D eigenvalue weighted by Crippen LogP contribution is -2.32. The van der Waals surface area contributed by atoms with Crippen molar-refractivity contribution in [2.24, 2.45) is 5.92 Å². The Bertz CT molecular complexity index is 474. The monoisotopic (exact) mass is 263 g/mol. The highest BCUT2D eigenvalue weighted by molar-refractivity contribution is 5.91. The number of aliphatic hydroxyl groups excluding tert-OH is 1. The molecule has 0 radical (unpaired) electrons. The quantitative estimate of drug-likeness (QED) is 0.817. The minimum absolute atomic E-state index is 0.182. The molecular weight excluding hydrogens is 246 g/mol.